The van der Waals surface area contributed by atoms with Crippen LogP contribution in [0.25, 0.3) is 17.2 Å². The number of carbonyl (C=O) groups is 2. The van der Waals surface area contributed by atoms with Crippen molar-refractivity contribution in [1.82, 2.24) is 5.32 Å². The van der Waals surface area contributed by atoms with Gasteiger partial charge in [-0.2, -0.15) is 0 Å². The van der Waals surface area contributed by atoms with E-state index in [1.807, 2.05) is 12.1 Å². The lowest BCUT2D eigenvalue weighted by Crippen LogP contribution is -2.38. The monoisotopic (exact) mass is 421 g/mol. The van der Waals surface area contributed by atoms with E-state index in [2.05, 4.69) is 25.7 Å². The Hall–Kier alpha value is -3.08. The summed E-state index contributed by atoms with van der Waals surface area (Å²) in [6.07, 6.45) is 3.79. The SMILES string of the molecule is C=Cc1c(O)ccc(-c2cccc3c2CNC3=O)c1OC(C)(C)C(=O)CCC(C)CC. The van der Waals surface area contributed by atoms with Gasteiger partial charge in [-0.15, -0.1) is 0 Å². The number of phenols is 1. The summed E-state index contributed by atoms with van der Waals surface area (Å²) >= 11 is 0. The number of ether oxygens (including phenoxy) is 1. The molecule has 2 aromatic carbocycles. The third kappa shape index (κ3) is 4.50. The van der Waals surface area contributed by atoms with E-state index >= 15 is 0 Å². The number of carbonyl (C=O) groups excluding carboxylic acids is 2. The van der Waals surface area contributed by atoms with Gasteiger partial charge in [-0.05, 0) is 55.5 Å². The Balaban J connectivity index is 2.05. The van der Waals surface area contributed by atoms with Gasteiger partial charge in [0, 0.05) is 24.1 Å². The van der Waals surface area contributed by atoms with Gasteiger partial charge in [-0.25, -0.2) is 0 Å². The molecule has 3 rings (SSSR count). The van der Waals surface area contributed by atoms with E-state index in [9.17, 15) is 14.7 Å². The number of amides is 1. The van der Waals surface area contributed by atoms with Gasteiger partial charge in [-0.3, -0.25) is 9.59 Å². The van der Waals surface area contributed by atoms with E-state index in [0.717, 1.165) is 24.0 Å². The molecular formula is C26H31NO4. The molecule has 0 aromatic heterocycles. The van der Waals surface area contributed by atoms with Gasteiger partial charge in [0.25, 0.3) is 5.91 Å². The van der Waals surface area contributed by atoms with Crippen LogP contribution in [0.2, 0.25) is 0 Å². The molecule has 2 N–H and O–H groups in total. The third-order valence-corrected chi connectivity index (χ3v) is 6.10. The molecule has 5 nitrogen and oxygen atoms in total. The normalized spacial score (nSPS) is 14.0. The number of hydrogen-bond donors (Lipinski definition) is 2. The molecule has 1 amide bonds. The number of fused-ring (bicyclic) bond motifs is 1. The number of benzene rings is 2. The summed E-state index contributed by atoms with van der Waals surface area (Å²) in [5.74, 6) is 0.787. The minimum Gasteiger partial charge on any atom is -0.507 e. The number of rotatable bonds is 9. The molecule has 0 bridgehead atoms. The van der Waals surface area contributed by atoms with Gasteiger partial charge in [0.05, 0.1) is 5.56 Å². The molecular weight excluding hydrogens is 390 g/mol. The van der Waals surface area contributed by atoms with E-state index in [4.69, 9.17) is 4.74 Å². The molecule has 2 aromatic rings. The van der Waals surface area contributed by atoms with Crippen LogP contribution in [-0.2, 0) is 11.3 Å². The van der Waals surface area contributed by atoms with Crippen molar-refractivity contribution < 1.29 is 19.4 Å². The number of aromatic hydroxyl groups is 1. The highest BCUT2D eigenvalue weighted by atomic mass is 16.5. The van der Waals surface area contributed by atoms with Crippen molar-refractivity contribution in [2.24, 2.45) is 5.92 Å². The number of phenolic OH excluding ortho intramolecular Hbond substituents is 1. The molecule has 31 heavy (non-hydrogen) atoms. The molecule has 0 spiro atoms. The van der Waals surface area contributed by atoms with Crippen molar-refractivity contribution >= 4 is 17.8 Å². The van der Waals surface area contributed by atoms with Crippen LogP contribution in [0.1, 0.15) is 68.4 Å². The van der Waals surface area contributed by atoms with Gasteiger partial charge in [0.15, 0.2) is 11.4 Å². The third-order valence-electron chi connectivity index (χ3n) is 6.10. The molecule has 0 saturated carbocycles. The molecule has 1 unspecified atom stereocenters. The Morgan fingerprint density at radius 3 is 2.65 bits per heavy atom. The second-order valence-corrected chi connectivity index (χ2v) is 8.68. The zero-order valence-corrected chi connectivity index (χ0v) is 18.7. The first-order chi connectivity index (χ1) is 14.7. The first kappa shape index (κ1) is 22.6. The van der Waals surface area contributed by atoms with Crippen molar-refractivity contribution in [3.8, 4) is 22.6 Å². The van der Waals surface area contributed by atoms with E-state index in [1.54, 1.807) is 32.0 Å². The molecule has 1 heterocycles. The lowest BCUT2D eigenvalue weighted by atomic mass is 9.92. The van der Waals surface area contributed by atoms with Crippen LogP contribution in [0, 0.1) is 5.92 Å². The van der Waals surface area contributed by atoms with Gasteiger partial charge in [0.1, 0.15) is 11.5 Å². The number of Topliss-reactive ketones (excluding diaryl/α,β-unsaturated/α-hetero) is 1. The van der Waals surface area contributed by atoms with Crippen molar-refractivity contribution in [3.63, 3.8) is 0 Å². The first-order valence-electron chi connectivity index (χ1n) is 10.8. The lowest BCUT2D eigenvalue weighted by Gasteiger charge is -2.28. The lowest BCUT2D eigenvalue weighted by molar-refractivity contribution is -0.132. The average molecular weight is 422 g/mol. The van der Waals surface area contributed by atoms with Crippen molar-refractivity contribution in [2.45, 2.75) is 59.1 Å². The molecule has 0 saturated heterocycles. The fraction of sp³-hybridized carbons (Fsp3) is 0.385. The van der Waals surface area contributed by atoms with Crippen LogP contribution in [0.3, 0.4) is 0 Å². The van der Waals surface area contributed by atoms with Crippen molar-refractivity contribution in [1.29, 1.82) is 0 Å². The van der Waals surface area contributed by atoms with E-state index in [0.29, 0.717) is 41.3 Å². The minimum absolute atomic E-state index is 0.00670. The average Bonchev–Trinajstić information content (AvgIpc) is 3.13. The van der Waals surface area contributed by atoms with E-state index in [1.165, 1.54) is 6.08 Å². The summed E-state index contributed by atoms with van der Waals surface area (Å²) < 4.78 is 6.32. The van der Waals surface area contributed by atoms with Crippen LogP contribution in [0.4, 0.5) is 0 Å². The molecule has 1 aliphatic rings. The van der Waals surface area contributed by atoms with Gasteiger partial charge in [-0.1, -0.05) is 45.1 Å². The minimum atomic E-state index is -1.08. The van der Waals surface area contributed by atoms with E-state index < -0.39 is 5.60 Å². The number of nitrogens with one attached hydrogen (secondary N) is 1. The molecule has 164 valence electrons. The van der Waals surface area contributed by atoms with Crippen LogP contribution in [-0.4, -0.2) is 22.4 Å². The van der Waals surface area contributed by atoms with Crippen molar-refractivity contribution in [2.75, 3.05) is 0 Å². The van der Waals surface area contributed by atoms with Gasteiger partial charge in [0.2, 0.25) is 0 Å². The van der Waals surface area contributed by atoms with Gasteiger partial charge < -0.3 is 15.2 Å². The van der Waals surface area contributed by atoms with E-state index in [-0.39, 0.29) is 17.4 Å². The highest BCUT2D eigenvalue weighted by Gasteiger charge is 2.32. The molecule has 0 radical (unpaired) electrons. The predicted molar refractivity (Wildman–Crippen MR) is 123 cm³/mol. The summed E-state index contributed by atoms with van der Waals surface area (Å²) in [5.41, 5.74) is 2.38. The standard InChI is InChI=1S/C26H31NO4/c1-6-16(3)11-14-23(29)26(4,5)31-24-17(7-2)22(28)13-12-19(24)18-9-8-10-20-21(18)15-27-25(20)30/h7-10,12-13,16,28H,2,6,11,14-15H2,1,3-5H3,(H,27,30). The Bertz CT molecular complexity index is 1020. The molecule has 0 fully saturated rings. The summed E-state index contributed by atoms with van der Waals surface area (Å²) in [6, 6.07) is 8.88. The fourth-order valence-electron chi connectivity index (χ4n) is 3.81. The van der Waals surface area contributed by atoms with Gasteiger partial charge >= 0.3 is 0 Å². The smallest absolute Gasteiger partial charge is 0.251 e. The molecule has 1 atom stereocenters. The quantitative estimate of drug-likeness (QED) is 0.561. The first-order valence-corrected chi connectivity index (χ1v) is 10.8. The molecule has 5 heteroatoms. The van der Waals surface area contributed by atoms with Crippen LogP contribution >= 0.6 is 0 Å². The highest BCUT2D eigenvalue weighted by molar-refractivity contribution is 6.01. The Kier molecular flexibility index (Phi) is 6.54. The Labute approximate surface area is 184 Å². The molecule has 0 aliphatic carbocycles. The summed E-state index contributed by atoms with van der Waals surface area (Å²) in [5, 5.41) is 13.3. The maximum Gasteiger partial charge on any atom is 0.251 e. The Morgan fingerprint density at radius 1 is 1.26 bits per heavy atom. The number of ketones is 1. The highest BCUT2D eigenvalue weighted by Crippen LogP contribution is 2.43. The second-order valence-electron chi connectivity index (χ2n) is 8.68. The van der Waals surface area contributed by atoms with Crippen LogP contribution in [0.5, 0.6) is 11.5 Å². The second kappa shape index (κ2) is 8.96. The fourth-order valence-corrected chi connectivity index (χ4v) is 3.81. The zero-order valence-electron chi connectivity index (χ0n) is 18.7. The largest absolute Gasteiger partial charge is 0.507 e. The maximum atomic E-state index is 13.0. The van der Waals surface area contributed by atoms with Crippen molar-refractivity contribution in [3.05, 3.63) is 53.6 Å². The predicted octanol–water partition coefficient (Wildman–Crippen LogP) is 5.50. The van der Waals surface area contributed by atoms with Crippen LogP contribution < -0.4 is 10.1 Å². The maximum absolute atomic E-state index is 13.0. The summed E-state index contributed by atoms with van der Waals surface area (Å²) in [4.78, 5) is 25.1. The Morgan fingerprint density at radius 2 is 1.97 bits per heavy atom. The summed E-state index contributed by atoms with van der Waals surface area (Å²) in [6.45, 7) is 12.0. The topological polar surface area (TPSA) is 75.6 Å². The van der Waals surface area contributed by atoms with Crippen LogP contribution in [0.15, 0.2) is 36.9 Å². The summed E-state index contributed by atoms with van der Waals surface area (Å²) in [7, 11) is 0. The zero-order chi connectivity index (χ0) is 22.8. The number of hydrogen-bond acceptors (Lipinski definition) is 4. The molecule has 1 aliphatic heterocycles.